The van der Waals surface area contributed by atoms with Crippen LogP contribution in [0.5, 0.6) is 5.75 Å². The molecule has 8 heteroatoms. The number of hydrogen-bond acceptors (Lipinski definition) is 5. The molecule has 2 aromatic carbocycles. The molecule has 146 valence electrons. The first-order valence-electron chi connectivity index (χ1n) is 8.61. The molecule has 1 aromatic heterocycles. The van der Waals surface area contributed by atoms with E-state index in [1.165, 1.54) is 12.1 Å². The quantitative estimate of drug-likeness (QED) is 0.561. The van der Waals surface area contributed by atoms with Gasteiger partial charge in [-0.15, -0.1) is 0 Å². The maximum atomic E-state index is 12.7. The number of hydrogen-bond donors (Lipinski definition) is 2. The average molecular weight is 388 g/mol. The molecule has 0 aliphatic carbocycles. The highest BCUT2D eigenvalue weighted by molar-refractivity contribution is 5.65. The van der Waals surface area contributed by atoms with Crippen LogP contribution >= 0.6 is 0 Å². The molecule has 0 fully saturated rings. The summed E-state index contributed by atoms with van der Waals surface area (Å²) in [6, 6.07) is 13.8. The van der Waals surface area contributed by atoms with Gasteiger partial charge in [0, 0.05) is 11.9 Å². The number of nitrogens with zero attached hydrogens (tertiary/aromatic N) is 2. The van der Waals surface area contributed by atoms with Gasteiger partial charge in [0.05, 0.1) is 17.4 Å². The minimum atomic E-state index is -4.37. The fraction of sp³-hybridized carbons (Fsp3) is 0.200. The Balaban J connectivity index is 1.75. The highest BCUT2D eigenvalue weighted by atomic mass is 19.4. The monoisotopic (exact) mass is 388 g/mol. The van der Waals surface area contributed by atoms with Crippen LogP contribution in [-0.2, 0) is 6.18 Å². The largest absolute Gasteiger partial charge is 0.489 e. The van der Waals surface area contributed by atoms with E-state index in [2.05, 4.69) is 20.6 Å². The number of anilines is 4. The number of benzene rings is 2. The van der Waals surface area contributed by atoms with Gasteiger partial charge in [0.1, 0.15) is 11.6 Å². The molecule has 0 unspecified atom stereocenters. The zero-order valence-corrected chi connectivity index (χ0v) is 15.3. The topological polar surface area (TPSA) is 59.1 Å². The van der Waals surface area contributed by atoms with Crippen LogP contribution in [0.2, 0.25) is 0 Å². The lowest BCUT2D eigenvalue weighted by Crippen LogP contribution is -2.08. The fourth-order valence-electron chi connectivity index (χ4n) is 2.42. The summed E-state index contributed by atoms with van der Waals surface area (Å²) in [7, 11) is 0. The zero-order valence-electron chi connectivity index (χ0n) is 15.3. The van der Waals surface area contributed by atoms with Gasteiger partial charge < -0.3 is 15.4 Å². The maximum Gasteiger partial charge on any atom is 0.416 e. The molecule has 2 N–H and O–H groups in total. The second-order valence-corrected chi connectivity index (χ2v) is 6.25. The van der Waals surface area contributed by atoms with Crippen molar-refractivity contribution in [2.45, 2.75) is 26.1 Å². The van der Waals surface area contributed by atoms with Gasteiger partial charge in [0.2, 0.25) is 5.95 Å². The first-order valence-corrected chi connectivity index (χ1v) is 8.61. The first-order chi connectivity index (χ1) is 13.3. The third-order valence-corrected chi connectivity index (χ3v) is 3.64. The van der Waals surface area contributed by atoms with Crippen molar-refractivity contribution in [3.63, 3.8) is 0 Å². The zero-order chi connectivity index (χ0) is 20.1. The van der Waals surface area contributed by atoms with E-state index in [4.69, 9.17) is 4.74 Å². The summed E-state index contributed by atoms with van der Waals surface area (Å²) >= 11 is 0. The minimum absolute atomic E-state index is 0.0187. The van der Waals surface area contributed by atoms with Crippen molar-refractivity contribution < 1.29 is 17.9 Å². The summed E-state index contributed by atoms with van der Waals surface area (Å²) in [5.74, 6) is 1.46. The van der Waals surface area contributed by atoms with Gasteiger partial charge in [-0.2, -0.15) is 18.2 Å². The Bertz CT molecular complexity index is 927. The van der Waals surface area contributed by atoms with E-state index in [-0.39, 0.29) is 12.1 Å². The van der Waals surface area contributed by atoms with Gasteiger partial charge in [-0.25, -0.2) is 4.98 Å². The molecule has 5 nitrogen and oxygen atoms in total. The molecule has 0 saturated heterocycles. The number of nitrogens with one attached hydrogen (secondary N) is 2. The Morgan fingerprint density at radius 3 is 2.32 bits per heavy atom. The SMILES string of the molecule is CC(C)Oc1ccccc1Nc1ccnc(Nc2ccc(C(F)(F)F)cc2)n1. The molecule has 0 radical (unpaired) electrons. The maximum absolute atomic E-state index is 12.7. The van der Waals surface area contributed by atoms with Crippen molar-refractivity contribution in [1.82, 2.24) is 9.97 Å². The smallest absolute Gasteiger partial charge is 0.416 e. The van der Waals surface area contributed by atoms with E-state index < -0.39 is 11.7 Å². The molecule has 0 atom stereocenters. The summed E-state index contributed by atoms with van der Waals surface area (Å²) in [5.41, 5.74) is 0.486. The Morgan fingerprint density at radius 1 is 0.929 bits per heavy atom. The van der Waals surface area contributed by atoms with Crippen LogP contribution in [0.4, 0.5) is 36.3 Å². The van der Waals surface area contributed by atoms with Gasteiger partial charge in [0.25, 0.3) is 0 Å². The van der Waals surface area contributed by atoms with Gasteiger partial charge >= 0.3 is 6.18 Å². The number of rotatable bonds is 6. The van der Waals surface area contributed by atoms with Gasteiger partial charge in [0.15, 0.2) is 0 Å². The van der Waals surface area contributed by atoms with E-state index in [1.807, 2.05) is 38.1 Å². The second-order valence-electron chi connectivity index (χ2n) is 6.25. The summed E-state index contributed by atoms with van der Waals surface area (Å²) in [5, 5.41) is 6.06. The highest BCUT2D eigenvalue weighted by Gasteiger charge is 2.29. The van der Waals surface area contributed by atoms with Gasteiger partial charge in [-0.1, -0.05) is 12.1 Å². The highest BCUT2D eigenvalue weighted by Crippen LogP contribution is 2.30. The summed E-state index contributed by atoms with van der Waals surface area (Å²) in [6.45, 7) is 3.88. The van der Waals surface area contributed by atoms with Crippen molar-refractivity contribution >= 4 is 23.1 Å². The molecule has 1 heterocycles. The molecule has 3 rings (SSSR count). The Labute approximate surface area is 160 Å². The van der Waals surface area contributed by atoms with Crippen molar-refractivity contribution in [2.75, 3.05) is 10.6 Å². The molecule has 0 amide bonds. The van der Waals surface area contributed by atoms with Crippen molar-refractivity contribution in [1.29, 1.82) is 0 Å². The average Bonchev–Trinajstić information content (AvgIpc) is 2.63. The molecular weight excluding hydrogens is 369 g/mol. The first kappa shape index (κ1) is 19.5. The predicted molar refractivity (Wildman–Crippen MR) is 102 cm³/mol. The van der Waals surface area contributed by atoms with E-state index in [1.54, 1.807) is 12.3 Å². The summed E-state index contributed by atoms with van der Waals surface area (Å²) in [4.78, 5) is 8.45. The van der Waals surface area contributed by atoms with Crippen LogP contribution in [0.1, 0.15) is 19.4 Å². The minimum Gasteiger partial charge on any atom is -0.489 e. The molecular formula is C20H19F3N4O. The lowest BCUT2D eigenvalue weighted by Gasteiger charge is -2.15. The third kappa shape index (κ3) is 5.12. The predicted octanol–water partition coefficient (Wildman–Crippen LogP) is 5.77. The van der Waals surface area contributed by atoms with Crippen molar-refractivity contribution in [2.24, 2.45) is 0 Å². The standard InChI is InChI=1S/C20H19F3N4O/c1-13(2)28-17-6-4-3-5-16(17)26-18-11-12-24-19(27-18)25-15-9-7-14(8-10-15)20(21,22)23/h3-13H,1-2H3,(H2,24,25,26,27). The Kier molecular flexibility index (Phi) is 5.67. The van der Waals surface area contributed by atoms with Gasteiger partial charge in [-0.3, -0.25) is 0 Å². The molecule has 0 saturated carbocycles. The Hall–Kier alpha value is -3.29. The number of aromatic nitrogens is 2. The van der Waals surface area contributed by atoms with Gasteiger partial charge in [-0.05, 0) is 56.3 Å². The normalized spacial score (nSPS) is 11.4. The van der Waals surface area contributed by atoms with Crippen LogP contribution in [0.25, 0.3) is 0 Å². The van der Waals surface area contributed by atoms with E-state index >= 15 is 0 Å². The van der Waals surface area contributed by atoms with E-state index in [0.717, 1.165) is 17.8 Å². The van der Waals surface area contributed by atoms with Crippen LogP contribution in [0.15, 0.2) is 60.8 Å². The summed E-state index contributed by atoms with van der Waals surface area (Å²) < 4.78 is 43.7. The second kappa shape index (κ2) is 8.16. The van der Waals surface area contributed by atoms with E-state index in [9.17, 15) is 13.2 Å². The molecule has 28 heavy (non-hydrogen) atoms. The molecule has 0 bridgehead atoms. The number of ether oxygens (including phenoxy) is 1. The van der Waals surface area contributed by atoms with Crippen molar-refractivity contribution in [3.05, 3.63) is 66.4 Å². The molecule has 3 aromatic rings. The number of para-hydroxylation sites is 2. The third-order valence-electron chi connectivity index (χ3n) is 3.64. The number of halogens is 3. The molecule has 0 aliphatic rings. The molecule has 0 spiro atoms. The lowest BCUT2D eigenvalue weighted by molar-refractivity contribution is -0.137. The van der Waals surface area contributed by atoms with Crippen LogP contribution in [0, 0.1) is 0 Å². The lowest BCUT2D eigenvalue weighted by atomic mass is 10.2. The van der Waals surface area contributed by atoms with Crippen LogP contribution in [-0.4, -0.2) is 16.1 Å². The Morgan fingerprint density at radius 2 is 1.64 bits per heavy atom. The van der Waals surface area contributed by atoms with E-state index in [0.29, 0.717) is 17.3 Å². The van der Waals surface area contributed by atoms with Crippen molar-refractivity contribution in [3.8, 4) is 5.75 Å². The fourth-order valence-corrected chi connectivity index (χ4v) is 2.42. The van der Waals surface area contributed by atoms with Crippen LogP contribution in [0.3, 0.4) is 0 Å². The summed E-state index contributed by atoms with van der Waals surface area (Å²) in [6.07, 6.45) is -2.80. The number of alkyl halides is 3. The van der Waals surface area contributed by atoms with Crippen LogP contribution < -0.4 is 15.4 Å². The molecule has 0 aliphatic heterocycles.